The molecule has 0 spiro atoms. The maximum Gasteiger partial charge on any atom is 0.335 e. The number of para-hydroxylation sites is 1. The predicted octanol–water partition coefficient (Wildman–Crippen LogP) is 7.68. The van der Waals surface area contributed by atoms with Crippen LogP contribution < -0.4 is 4.74 Å². The first-order valence-corrected chi connectivity index (χ1v) is 12.0. The molecule has 2 heteroatoms. The van der Waals surface area contributed by atoms with E-state index in [2.05, 4.69) is 38.6 Å². The van der Waals surface area contributed by atoms with Crippen LogP contribution in [0.3, 0.4) is 0 Å². The summed E-state index contributed by atoms with van der Waals surface area (Å²) in [5.74, 6) is 2.30. The van der Waals surface area contributed by atoms with Crippen LogP contribution in [-0.4, -0.2) is 5.97 Å². The van der Waals surface area contributed by atoms with Crippen LogP contribution in [0.15, 0.2) is 30.9 Å². The number of ether oxygens (including phenoxy) is 1. The third-order valence-corrected chi connectivity index (χ3v) is 7.72. The minimum absolute atomic E-state index is 0.156. The number of unbranched alkanes of at least 4 members (excludes halogenated alkanes) is 2. The normalized spacial score (nSPS) is 25.5. The van der Waals surface area contributed by atoms with Gasteiger partial charge in [0.25, 0.3) is 0 Å². The van der Waals surface area contributed by atoms with E-state index in [1.807, 2.05) is 0 Å². The maximum absolute atomic E-state index is 12.1. The molecule has 0 N–H and O–H groups in total. The lowest BCUT2D eigenvalue weighted by Gasteiger charge is -2.44. The maximum atomic E-state index is 12.1. The van der Waals surface area contributed by atoms with E-state index in [4.69, 9.17) is 4.74 Å². The van der Waals surface area contributed by atoms with Crippen molar-refractivity contribution in [2.75, 3.05) is 0 Å². The fourth-order valence-corrected chi connectivity index (χ4v) is 5.98. The van der Waals surface area contributed by atoms with Gasteiger partial charge in [-0.2, -0.15) is 0 Å². The Balaban J connectivity index is 1.85. The molecule has 2 fully saturated rings. The van der Waals surface area contributed by atoms with Gasteiger partial charge in [0.05, 0.1) is 0 Å². The molecule has 2 aliphatic carbocycles. The van der Waals surface area contributed by atoms with Crippen molar-refractivity contribution in [2.45, 2.75) is 103 Å². The van der Waals surface area contributed by atoms with Crippen LogP contribution in [0, 0.1) is 18.8 Å². The van der Waals surface area contributed by atoms with Gasteiger partial charge in [0, 0.05) is 11.6 Å². The third-order valence-electron chi connectivity index (χ3n) is 7.72. The van der Waals surface area contributed by atoms with Gasteiger partial charge in [-0.1, -0.05) is 83.1 Å². The van der Waals surface area contributed by atoms with Gasteiger partial charge in [-0.3, -0.25) is 0 Å². The highest BCUT2D eigenvalue weighted by Crippen LogP contribution is 2.51. The van der Waals surface area contributed by atoms with Gasteiger partial charge in [0.15, 0.2) is 0 Å². The van der Waals surface area contributed by atoms with Gasteiger partial charge in [0.2, 0.25) is 0 Å². The molecule has 0 bridgehead atoms. The first-order chi connectivity index (χ1) is 14.1. The minimum Gasteiger partial charge on any atom is -0.423 e. The molecule has 0 radical (unpaired) electrons. The van der Waals surface area contributed by atoms with Crippen LogP contribution in [0.25, 0.3) is 0 Å². The number of hydrogen-bond donors (Lipinski definition) is 0. The molecule has 2 saturated carbocycles. The van der Waals surface area contributed by atoms with E-state index >= 15 is 0 Å². The van der Waals surface area contributed by atoms with E-state index in [0.29, 0.717) is 0 Å². The van der Waals surface area contributed by atoms with E-state index in [0.717, 1.165) is 23.1 Å². The van der Waals surface area contributed by atoms with Crippen molar-refractivity contribution < 1.29 is 9.53 Å². The van der Waals surface area contributed by atoms with Crippen molar-refractivity contribution in [1.82, 2.24) is 0 Å². The third kappa shape index (κ3) is 5.32. The van der Waals surface area contributed by atoms with Crippen LogP contribution in [0.4, 0.5) is 0 Å². The summed E-state index contributed by atoms with van der Waals surface area (Å²) < 4.78 is 5.80. The number of carbonyl (C=O) groups is 1. The second kappa shape index (κ2) is 10.5. The lowest BCUT2D eigenvalue weighted by Crippen LogP contribution is -2.35. The van der Waals surface area contributed by atoms with Crippen molar-refractivity contribution in [3.05, 3.63) is 42.0 Å². The number of hydrogen-bond acceptors (Lipinski definition) is 2. The molecule has 0 heterocycles. The number of benzene rings is 1. The molecule has 0 saturated heterocycles. The summed E-state index contributed by atoms with van der Waals surface area (Å²) >= 11 is 0. The zero-order valence-corrected chi connectivity index (χ0v) is 18.7. The van der Waals surface area contributed by atoms with E-state index in [1.54, 1.807) is 0 Å². The highest BCUT2D eigenvalue weighted by molar-refractivity contribution is 5.84. The van der Waals surface area contributed by atoms with Crippen molar-refractivity contribution in [1.29, 1.82) is 0 Å². The zero-order valence-electron chi connectivity index (χ0n) is 18.7. The number of rotatable bonds is 8. The summed E-state index contributed by atoms with van der Waals surface area (Å²) in [6.45, 7) is 7.93. The van der Waals surface area contributed by atoms with Crippen molar-refractivity contribution in [3.63, 3.8) is 0 Å². The molecule has 0 atom stereocenters. The lowest BCUT2D eigenvalue weighted by atomic mass is 9.61. The van der Waals surface area contributed by atoms with Gasteiger partial charge >= 0.3 is 5.97 Å². The zero-order chi connectivity index (χ0) is 20.7. The van der Waals surface area contributed by atoms with Crippen LogP contribution in [0.2, 0.25) is 0 Å². The monoisotopic (exact) mass is 396 g/mol. The van der Waals surface area contributed by atoms with E-state index in [-0.39, 0.29) is 11.4 Å². The molecule has 29 heavy (non-hydrogen) atoms. The standard InChI is InChI=1S/C27H40O2/c1-4-6-10-18-27(19-16-23(17-20-27)22-13-8-7-9-14-22)24-15-11-12-21(3)26(24)29-25(28)5-2/h5,11-12,15,22-23H,2,4,6-10,13-14,16-20H2,1,3H3. The fourth-order valence-electron chi connectivity index (χ4n) is 5.98. The highest BCUT2D eigenvalue weighted by atomic mass is 16.5. The van der Waals surface area contributed by atoms with Gasteiger partial charge < -0.3 is 4.74 Å². The van der Waals surface area contributed by atoms with Crippen LogP contribution in [0.1, 0.15) is 102 Å². The Hall–Kier alpha value is -1.57. The number of esters is 1. The van der Waals surface area contributed by atoms with E-state index in [9.17, 15) is 4.79 Å². The number of carbonyl (C=O) groups excluding carboxylic acids is 1. The Labute approximate surface area is 178 Å². The molecule has 0 aromatic heterocycles. The quantitative estimate of drug-likeness (QED) is 0.195. The Morgan fingerprint density at radius 1 is 1.10 bits per heavy atom. The molecule has 0 aliphatic heterocycles. The SMILES string of the molecule is C=CC(=O)Oc1c(C)cccc1C1(CCCCC)CCC(C2CCCCC2)CC1. The summed E-state index contributed by atoms with van der Waals surface area (Å²) in [6.07, 6.45) is 18.6. The van der Waals surface area contributed by atoms with Crippen LogP contribution in [-0.2, 0) is 10.2 Å². The summed E-state index contributed by atoms with van der Waals surface area (Å²) in [7, 11) is 0. The molecular formula is C27H40O2. The van der Waals surface area contributed by atoms with Gasteiger partial charge in [0.1, 0.15) is 5.75 Å². The Morgan fingerprint density at radius 3 is 2.45 bits per heavy atom. The summed E-state index contributed by atoms with van der Waals surface area (Å²) in [5, 5.41) is 0. The molecule has 0 unspecified atom stereocenters. The minimum atomic E-state index is -0.347. The first kappa shape index (κ1) is 22.1. The first-order valence-electron chi connectivity index (χ1n) is 12.0. The molecule has 1 aromatic carbocycles. The topological polar surface area (TPSA) is 26.3 Å². The molecule has 2 aliphatic rings. The number of aryl methyl sites for hydroxylation is 1. The van der Waals surface area contributed by atoms with Crippen LogP contribution >= 0.6 is 0 Å². The predicted molar refractivity (Wildman–Crippen MR) is 121 cm³/mol. The highest BCUT2D eigenvalue weighted by Gasteiger charge is 2.40. The van der Waals surface area contributed by atoms with Gasteiger partial charge in [-0.15, -0.1) is 0 Å². The second-order valence-corrected chi connectivity index (χ2v) is 9.55. The summed E-state index contributed by atoms with van der Waals surface area (Å²) in [6, 6.07) is 6.43. The fraction of sp³-hybridized carbons (Fsp3) is 0.667. The molecule has 3 rings (SSSR count). The Bertz CT molecular complexity index is 676. The van der Waals surface area contributed by atoms with Crippen molar-refractivity contribution in [2.24, 2.45) is 11.8 Å². The second-order valence-electron chi connectivity index (χ2n) is 9.55. The molecule has 2 nitrogen and oxygen atoms in total. The Morgan fingerprint density at radius 2 is 1.79 bits per heavy atom. The summed E-state index contributed by atoms with van der Waals surface area (Å²) in [4.78, 5) is 12.1. The average molecular weight is 397 g/mol. The van der Waals surface area contributed by atoms with Crippen molar-refractivity contribution in [3.8, 4) is 5.75 Å². The van der Waals surface area contributed by atoms with Crippen LogP contribution in [0.5, 0.6) is 5.75 Å². The molecule has 160 valence electrons. The Kier molecular flexibility index (Phi) is 7.98. The molecular weight excluding hydrogens is 356 g/mol. The smallest absolute Gasteiger partial charge is 0.335 e. The van der Waals surface area contributed by atoms with E-state index < -0.39 is 0 Å². The largest absolute Gasteiger partial charge is 0.423 e. The molecule has 0 amide bonds. The van der Waals surface area contributed by atoms with E-state index in [1.165, 1.54) is 95.1 Å². The average Bonchev–Trinajstić information content (AvgIpc) is 2.76. The van der Waals surface area contributed by atoms with Crippen molar-refractivity contribution >= 4 is 5.97 Å². The lowest BCUT2D eigenvalue weighted by molar-refractivity contribution is -0.129. The van der Waals surface area contributed by atoms with Gasteiger partial charge in [-0.25, -0.2) is 4.79 Å². The molecule has 1 aromatic rings. The van der Waals surface area contributed by atoms with Gasteiger partial charge in [-0.05, 0) is 61.8 Å². The summed E-state index contributed by atoms with van der Waals surface area (Å²) in [5.41, 5.74) is 2.48.